The molecule has 144 valence electrons. The predicted octanol–water partition coefficient (Wildman–Crippen LogP) is 5.15. The highest BCUT2D eigenvalue weighted by Crippen LogP contribution is 2.66. The van der Waals surface area contributed by atoms with Crippen molar-refractivity contribution in [2.75, 3.05) is 13.1 Å². The summed E-state index contributed by atoms with van der Waals surface area (Å²) in [7, 11) is 0. The van der Waals surface area contributed by atoms with Gasteiger partial charge in [-0.3, -0.25) is 0 Å². The topological polar surface area (TPSA) is 23.5 Å². The van der Waals surface area contributed by atoms with Crippen molar-refractivity contribution in [1.29, 1.82) is 0 Å². The lowest BCUT2D eigenvalue weighted by molar-refractivity contribution is -0.0532. The number of nitrogens with zero attached hydrogens (tertiary/aromatic N) is 1. The fourth-order valence-corrected chi connectivity index (χ4v) is 8.00. The standard InChI is InChI=1S/C24H37NO/c1-16-14-17-15-18(26)8-10-23(17,2)20-9-11-24(3)19(22(16)20)6-7-21(24)25-12-4-5-13-25/h7,14,16,18-20,22,26H,4-6,8-13,15H2,1-3H3/t16?,18?,19-,20+,22-,23-,24-/m0/s1. The van der Waals surface area contributed by atoms with Crippen LogP contribution in [0.5, 0.6) is 0 Å². The minimum Gasteiger partial charge on any atom is -0.393 e. The van der Waals surface area contributed by atoms with Crippen molar-refractivity contribution < 1.29 is 5.11 Å². The molecule has 0 aromatic rings. The zero-order chi connectivity index (χ0) is 18.1. The van der Waals surface area contributed by atoms with Gasteiger partial charge in [0.2, 0.25) is 0 Å². The molecule has 0 aromatic heterocycles. The van der Waals surface area contributed by atoms with Crippen LogP contribution in [0.2, 0.25) is 0 Å². The third kappa shape index (κ3) is 2.26. The largest absolute Gasteiger partial charge is 0.393 e. The van der Waals surface area contributed by atoms with Gasteiger partial charge in [-0.1, -0.05) is 38.5 Å². The predicted molar refractivity (Wildman–Crippen MR) is 107 cm³/mol. The molecule has 7 atom stereocenters. The number of fused-ring (bicyclic) bond motifs is 5. The summed E-state index contributed by atoms with van der Waals surface area (Å²) >= 11 is 0. The Balaban J connectivity index is 1.48. The molecule has 2 heteroatoms. The minimum absolute atomic E-state index is 0.0955. The first-order valence-corrected chi connectivity index (χ1v) is 11.3. The summed E-state index contributed by atoms with van der Waals surface area (Å²) in [6.07, 6.45) is 15.1. The van der Waals surface area contributed by atoms with Gasteiger partial charge in [0, 0.05) is 24.2 Å². The van der Waals surface area contributed by atoms with Gasteiger partial charge >= 0.3 is 0 Å². The maximum atomic E-state index is 10.2. The fourth-order valence-electron chi connectivity index (χ4n) is 8.00. The second-order valence-electron chi connectivity index (χ2n) is 10.6. The van der Waals surface area contributed by atoms with Gasteiger partial charge in [-0.15, -0.1) is 0 Å². The number of aliphatic hydroxyl groups excluding tert-OH is 1. The van der Waals surface area contributed by atoms with E-state index in [0.717, 1.165) is 30.6 Å². The van der Waals surface area contributed by atoms with E-state index in [1.54, 1.807) is 11.3 Å². The van der Waals surface area contributed by atoms with E-state index in [0.29, 0.717) is 16.7 Å². The van der Waals surface area contributed by atoms with E-state index in [4.69, 9.17) is 0 Å². The Labute approximate surface area is 159 Å². The Morgan fingerprint density at radius 1 is 1.04 bits per heavy atom. The highest BCUT2D eigenvalue weighted by atomic mass is 16.3. The summed E-state index contributed by atoms with van der Waals surface area (Å²) in [4.78, 5) is 2.73. The van der Waals surface area contributed by atoms with Crippen LogP contribution >= 0.6 is 0 Å². The maximum Gasteiger partial charge on any atom is 0.0577 e. The van der Waals surface area contributed by atoms with Crippen molar-refractivity contribution in [1.82, 2.24) is 4.90 Å². The molecule has 2 nitrogen and oxygen atoms in total. The molecule has 1 N–H and O–H groups in total. The van der Waals surface area contributed by atoms with Gasteiger partial charge in [0.25, 0.3) is 0 Å². The lowest BCUT2D eigenvalue weighted by Crippen LogP contribution is -2.53. The molecule has 0 spiro atoms. The molecule has 0 bridgehead atoms. The van der Waals surface area contributed by atoms with Gasteiger partial charge in [0.15, 0.2) is 0 Å². The lowest BCUT2D eigenvalue weighted by Gasteiger charge is -2.59. The Morgan fingerprint density at radius 2 is 1.77 bits per heavy atom. The minimum atomic E-state index is -0.0955. The molecule has 2 saturated carbocycles. The Kier molecular flexibility index (Phi) is 3.91. The zero-order valence-electron chi connectivity index (χ0n) is 17.0. The number of hydrogen-bond acceptors (Lipinski definition) is 2. The van der Waals surface area contributed by atoms with Gasteiger partial charge in [-0.25, -0.2) is 0 Å². The van der Waals surface area contributed by atoms with Gasteiger partial charge in [-0.2, -0.15) is 0 Å². The van der Waals surface area contributed by atoms with Crippen LogP contribution in [-0.4, -0.2) is 29.2 Å². The SMILES string of the molecule is CC1C=C2CC(O)CC[C@]2(C)[C@@H]2CC[C@]3(C)C(N4CCCC4)=CC[C@H]3[C@H]12. The van der Waals surface area contributed by atoms with Gasteiger partial charge in [0.05, 0.1) is 6.10 Å². The summed E-state index contributed by atoms with van der Waals surface area (Å²) < 4.78 is 0. The second kappa shape index (κ2) is 5.87. The Morgan fingerprint density at radius 3 is 2.54 bits per heavy atom. The van der Waals surface area contributed by atoms with E-state index in [2.05, 4.69) is 37.8 Å². The molecule has 0 aromatic carbocycles. The fraction of sp³-hybridized carbons (Fsp3) is 0.833. The smallest absolute Gasteiger partial charge is 0.0577 e. The summed E-state index contributed by atoms with van der Waals surface area (Å²) in [5, 5.41) is 10.2. The van der Waals surface area contributed by atoms with Crippen molar-refractivity contribution >= 4 is 0 Å². The van der Waals surface area contributed by atoms with E-state index in [1.165, 1.54) is 51.6 Å². The molecule has 26 heavy (non-hydrogen) atoms. The van der Waals surface area contributed by atoms with Crippen LogP contribution in [0.15, 0.2) is 23.4 Å². The summed E-state index contributed by atoms with van der Waals surface area (Å²) in [6.45, 7) is 10.2. The first-order valence-electron chi connectivity index (χ1n) is 11.3. The lowest BCUT2D eigenvalue weighted by atomic mass is 9.46. The molecule has 5 rings (SSSR count). The highest BCUT2D eigenvalue weighted by Gasteiger charge is 2.58. The van der Waals surface area contributed by atoms with Gasteiger partial charge in [-0.05, 0) is 80.5 Å². The number of rotatable bonds is 1. The normalized spacial score (nSPS) is 50.6. The number of hydrogen-bond donors (Lipinski definition) is 1. The van der Waals surface area contributed by atoms with E-state index >= 15 is 0 Å². The molecule has 1 aliphatic heterocycles. The van der Waals surface area contributed by atoms with E-state index in [1.807, 2.05) is 0 Å². The molecule has 0 amide bonds. The quantitative estimate of drug-likeness (QED) is 0.658. The maximum absolute atomic E-state index is 10.2. The molecule has 5 aliphatic rings. The van der Waals surface area contributed by atoms with Crippen molar-refractivity contribution in [2.24, 2.45) is 34.5 Å². The number of allylic oxidation sites excluding steroid dienone is 3. The summed E-state index contributed by atoms with van der Waals surface area (Å²) in [6, 6.07) is 0. The first-order chi connectivity index (χ1) is 12.4. The van der Waals surface area contributed by atoms with E-state index in [-0.39, 0.29) is 6.10 Å². The molecular formula is C24H37NO. The average Bonchev–Trinajstić information content (AvgIpc) is 3.23. The van der Waals surface area contributed by atoms with E-state index < -0.39 is 0 Å². The summed E-state index contributed by atoms with van der Waals surface area (Å²) in [5.41, 5.74) is 4.08. The van der Waals surface area contributed by atoms with Crippen molar-refractivity contribution in [2.45, 2.75) is 78.2 Å². The van der Waals surface area contributed by atoms with Crippen LogP contribution in [0, 0.1) is 34.5 Å². The molecule has 2 unspecified atom stereocenters. The van der Waals surface area contributed by atoms with Crippen LogP contribution in [0.25, 0.3) is 0 Å². The van der Waals surface area contributed by atoms with Crippen molar-refractivity contribution in [3.8, 4) is 0 Å². The van der Waals surface area contributed by atoms with Crippen LogP contribution in [0.1, 0.15) is 72.1 Å². The summed E-state index contributed by atoms with van der Waals surface area (Å²) in [5.74, 6) is 3.15. The molecule has 1 heterocycles. The van der Waals surface area contributed by atoms with Gasteiger partial charge in [0.1, 0.15) is 0 Å². The Hall–Kier alpha value is -0.760. The molecule has 3 fully saturated rings. The molecule has 4 aliphatic carbocycles. The van der Waals surface area contributed by atoms with Crippen LogP contribution < -0.4 is 0 Å². The molecular weight excluding hydrogens is 318 g/mol. The third-order valence-electron chi connectivity index (χ3n) is 9.39. The van der Waals surface area contributed by atoms with Crippen molar-refractivity contribution in [3.63, 3.8) is 0 Å². The second-order valence-corrected chi connectivity index (χ2v) is 10.6. The third-order valence-corrected chi connectivity index (χ3v) is 9.39. The monoisotopic (exact) mass is 355 g/mol. The first kappa shape index (κ1) is 17.3. The van der Waals surface area contributed by atoms with Crippen LogP contribution in [-0.2, 0) is 0 Å². The van der Waals surface area contributed by atoms with Gasteiger partial charge < -0.3 is 10.0 Å². The zero-order valence-corrected chi connectivity index (χ0v) is 17.0. The number of likely N-dealkylation sites (tertiary alicyclic amines) is 1. The molecule has 0 radical (unpaired) electrons. The number of aliphatic hydroxyl groups is 1. The average molecular weight is 356 g/mol. The van der Waals surface area contributed by atoms with Crippen molar-refractivity contribution in [3.05, 3.63) is 23.4 Å². The molecule has 1 saturated heterocycles. The highest BCUT2D eigenvalue weighted by molar-refractivity contribution is 5.31. The van der Waals surface area contributed by atoms with E-state index in [9.17, 15) is 5.11 Å². The Bertz CT molecular complexity index is 645. The van der Waals surface area contributed by atoms with Crippen LogP contribution in [0.4, 0.5) is 0 Å². The van der Waals surface area contributed by atoms with Crippen LogP contribution in [0.3, 0.4) is 0 Å².